The third-order valence-corrected chi connectivity index (χ3v) is 5.41. The van der Waals surface area contributed by atoms with E-state index in [1.807, 2.05) is 18.2 Å². The predicted molar refractivity (Wildman–Crippen MR) is 82.9 cm³/mol. The quantitative estimate of drug-likeness (QED) is 0.873. The maximum absolute atomic E-state index is 6.52. The lowest BCUT2D eigenvalue weighted by atomic mass is 9.73. The molecule has 2 N–H and O–H groups in total. The Labute approximate surface area is 126 Å². The van der Waals surface area contributed by atoms with E-state index in [1.54, 1.807) is 0 Å². The van der Waals surface area contributed by atoms with Gasteiger partial charge in [-0.05, 0) is 43.2 Å². The molecule has 0 aromatic heterocycles. The van der Waals surface area contributed by atoms with Gasteiger partial charge in [-0.3, -0.25) is 0 Å². The van der Waals surface area contributed by atoms with Crippen LogP contribution >= 0.6 is 11.6 Å². The summed E-state index contributed by atoms with van der Waals surface area (Å²) in [6.07, 6.45) is 8.51. The second kappa shape index (κ2) is 6.05. The van der Waals surface area contributed by atoms with Gasteiger partial charge >= 0.3 is 0 Å². The van der Waals surface area contributed by atoms with Crippen molar-refractivity contribution in [1.29, 1.82) is 0 Å². The number of halogens is 1. The average Bonchev–Trinajstić information content (AvgIpc) is 2.48. The molecule has 1 spiro atoms. The van der Waals surface area contributed by atoms with E-state index in [0.29, 0.717) is 5.92 Å². The Bertz CT molecular complexity index is 451. The molecule has 1 saturated carbocycles. The van der Waals surface area contributed by atoms with Gasteiger partial charge in [0.1, 0.15) is 0 Å². The van der Waals surface area contributed by atoms with Gasteiger partial charge in [-0.1, -0.05) is 49.1 Å². The number of ether oxygens (including phenoxy) is 1. The number of hydrogen-bond donors (Lipinski definition) is 1. The summed E-state index contributed by atoms with van der Waals surface area (Å²) in [6.45, 7) is 0.850. The van der Waals surface area contributed by atoms with Crippen LogP contribution in [0.1, 0.15) is 56.6 Å². The fraction of sp³-hybridized carbons (Fsp3) is 0.647. The molecule has 0 amide bonds. The van der Waals surface area contributed by atoms with Crippen molar-refractivity contribution in [2.75, 3.05) is 6.61 Å². The summed E-state index contributed by atoms with van der Waals surface area (Å²) in [6, 6.07) is 8.02. The molecule has 0 radical (unpaired) electrons. The second-order valence-corrected chi connectivity index (χ2v) is 6.80. The van der Waals surface area contributed by atoms with Crippen LogP contribution in [0.2, 0.25) is 5.02 Å². The Morgan fingerprint density at radius 3 is 2.70 bits per heavy atom. The smallest absolute Gasteiger partial charge is 0.0685 e. The molecular weight excluding hydrogens is 270 g/mol. The fourth-order valence-electron chi connectivity index (χ4n) is 3.92. The summed E-state index contributed by atoms with van der Waals surface area (Å²) in [4.78, 5) is 0. The molecule has 1 aromatic rings. The molecule has 2 atom stereocenters. The van der Waals surface area contributed by atoms with Crippen LogP contribution in [-0.2, 0) is 4.74 Å². The summed E-state index contributed by atoms with van der Waals surface area (Å²) in [7, 11) is 0. The van der Waals surface area contributed by atoms with Gasteiger partial charge in [0, 0.05) is 17.7 Å². The maximum Gasteiger partial charge on any atom is 0.0685 e. The standard InChI is InChI=1S/C17H24ClNO/c18-15-7-3-2-6-14(15)16(19)13-8-11-20-17(12-13)9-4-1-5-10-17/h2-3,6-7,13,16H,1,4-5,8-12,19H2. The molecule has 1 aliphatic heterocycles. The van der Waals surface area contributed by atoms with Crippen LogP contribution < -0.4 is 5.73 Å². The third kappa shape index (κ3) is 2.88. The van der Waals surface area contributed by atoms with Crippen molar-refractivity contribution in [1.82, 2.24) is 0 Å². The van der Waals surface area contributed by atoms with Crippen LogP contribution in [0.15, 0.2) is 24.3 Å². The number of benzene rings is 1. The van der Waals surface area contributed by atoms with Gasteiger partial charge in [0.15, 0.2) is 0 Å². The monoisotopic (exact) mass is 293 g/mol. The largest absolute Gasteiger partial charge is 0.375 e. The molecule has 110 valence electrons. The fourth-order valence-corrected chi connectivity index (χ4v) is 4.18. The molecule has 1 aliphatic carbocycles. The van der Waals surface area contributed by atoms with E-state index < -0.39 is 0 Å². The van der Waals surface area contributed by atoms with Crippen LogP contribution in [0.4, 0.5) is 0 Å². The minimum absolute atomic E-state index is 0.0337. The minimum Gasteiger partial charge on any atom is -0.375 e. The first-order valence-corrected chi connectivity index (χ1v) is 8.22. The first-order chi connectivity index (χ1) is 9.70. The number of rotatable bonds is 2. The van der Waals surface area contributed by atoms with Crippen molar-refractivity contribution in [3.05, 3.63) is 34.9 Å². The maximum atomic E-state index is 6.52. The topological polar surface area (TPSA) is 35.2 Å². The van der Waals surface area contributed by atoms with E-state index in [1.165, 1.54) is 32.1 Å². The van der Waals surface area contributed by atoms with Crippen molar-refractivity contribution in [2.24, 2.45) is 11.7 Å². The van der Waals surface area contributed by atoms with Gasteiger partial charge in [-0.25, -0.2) is 0 Å². The summed E-state index contributed by atoms with van der Waals surface area (Å²) in [5.74, 6) is 0.488. The molecule has 2 fully saturated rings. The van der Waals surface area contributed by atoms with E-state index in [2.05, 4.69) is 6.07 Å². The molecule has 3 heteroatoms. The molecule has 2 unspecified atom stereocenters. The lowest BCUT2D eigenvalue weighted by Crippen LogP contribution is -2.44. The summed E-state index contributed by atoms with van der Waals surface area (Å²) in [5, 5.41) is 0.796. The van der Waals surface area contributed by atoms with Crippen LogP contribution in [0, 0.1) is 5.92 Å². The van der Waals surface area contributed by atoms with E-state index in [9.17, 15) is 0 Å². The lowest BCUT2D eigenvalue weighted by molar-refractivity contribution is -0.120. The Balaban J connectivity index is 1.75. The van der Waals surface area contributed by atoms with Crippen molar-refractivity contribution in [3.63, 3.8) is 0 Å². The molecular formula is C17H24ClNO. The summed E-state index contributed by atoms with van der Waals surface area (Å²) < 4.78 is 6.16. The molecule has 1 heterocycles. The van der Waals surface area contributed by atoms with E-state index in [4.69, 9.17) is 22.1 Å². The zero-order chi connectivity index (χ0) is 14.0. The summed E-state index contributed by atoms with van der Waals surface area (Å²) >= 11 is 6.30. The van der Waals surface area contributed by atoms with E-state index in [0.717, 1.165) is 30.0 Å². The Kier molecular flexibility index (Phi) is 4.34. The predicted octanol–water partition coefficient (Wildman–Crippen LogP) is 4.47. The Morgan fingerprint density at radius 2 is 1.95 bits per heavy atom. The second-order valence-electron chi connectivity index (χ2n) is 6.39. The van der Waals surface area contributed by atoms with Crippen LogP contribution in [0.3, 0.4) is 0 Å². The van der Waals surface area contributed by atoms with Gasteiger partial charge in [0.05, 0.1) is 5.60 Å². The molecule has 2 nitrogen and oxygen atoms in total. The van der Waals surface area contributed by atoms with E-state index >= 15 is 0 Å². The van der Waals surface area contributed by atoms with Gasteiger partial charge < -0.3 is 10.5 Å². The number of hydrogen-bond acceptors (Lipinski definition) is 2. The zero-order valence-electron chi connectivity index (χ0n) is 12.0. The van der Waals surface area contributed by atoms with Crippen LogP contribution in [0.25, 0.3) is 0 Å². The van der Waals surface area contributed by atoms with Crippen molar-refractivity contribution in [2.45, 2.75) is 56.6 Å². The molecule has 20 heavy (non-hydrogen) atoms. The van der Waals surface area contributed by atoms with Crippen molar-refractivity contribution in [3.8, 4) is 0 Å². The highest BCUT2D eigenvalue weighted by Crippen LogP contribution is 2.44. The van der Waals surface area contributed by atoms with Gasteiger partial charge in [-0.15, -0.1) is 0 Å². The highest BCUT2D eigenvalue weighted by atomic mass is 35.5. The van der Waals surface area contributed by atoms with Crippen molar-refractivity contribution < 1.29 is 4.74 Å². The molecule has 3 rings (SSSR count). The normalized spacial score (nSPS) is 27.4. The van der Waals surface area contributed by atoms with Crippen LogP contribution in [-0.4, -0.2) is 12.2 Å². The van der Waals surface area contributed by atoms with Crippen LogP contribution in [0.5, 0.6) is 0 Å². The average molecular weight is 294 g/mol. The third-order valence-electron chi connectivity index (χ3n) is 5.07. The molecule has 1 aromatic carbocycles. The Morgan fingerprint density at radius 1 is 1.20 bits per heavy atom. The highest BCUT2D eigenvalue weighted by molar-refractivity contribution is 6.31. The first kappa shape index (κ1) is 14.4. The van der Waals surface area contributed by atoms with Gasteiger partial charge in [0.25, 0.3) is 0 Å². The van der Waals surface area contributed by atoms with Crippen molar-refractivity contribution >= 4 is 11.6 Å². The summed E-state index contributed by atoms with van der Waals surface area (Å²) in [5.41, 5.74) is 7.72. The first-order valence-electron chi connectivity index (χ1n) is 7.84. The highest BCUT2D eigenvalue weighted by Gasteiger charge is 2.40. The SMILES string of the molecule is NC(c1ccccc1Cl)C1CCOC2(CCCCC2)C1. The molecule has 2 aliphatic rings. The van der Waals surface area contributed by atoms with E-state index in [-0.39, 0.29) is 11.6 Å². The number of nitrogens with two attached hydrogens (primary N) is 1. The molecule has 0 bridgehead atoms. The van der Waals surface area contributed by atoms with Gasteiger partial charge in [-0.2, -0.15) is 0 Å². The van der Waals surface area contributed by atoms with Gasteiger partial charge in [0.2, 0.25) is 0 Å². The Hall–Kier alpha value is -0.570. The minimum atomic E-state index is 0.0337. The lowest BCUT2D eigenvalue weighted by Gasteiger charge is -2.45. The molecule has 1 saturated heterocycles. The zero-order valence-corrected chi connectivity index (χ0v) is 12.7.